The summed E-state index contributed by atoms with van der Waals surface area (Å²) in [5, 5.41) is 3.67. The van der Waals surface area contributed by atoms with Gasteiger partial charge >= 0.3 is 6.18 Å². The Bertz CT molecular complexity index is 971. The predicted molar refractivity (Wildman–Crippen MR) is 95.3 cm³/mol. The molecule has 1 saturated carbocycles. The third kappa shape index (κ3) is 3.62. The van der Waals surface area contributed by atoms with Crippen LogP contribution in [-0.4, -0.2) is 33.0 Å². The number of fused-ring (bicyclic) bond motifs is 1. The van der Waals surface area contributed by atoms with Gasteiger partial charge in [0.25, 0.3) is 0 Å². The molecule has 9 heteroatoms. The molecular formula is C18H17F3N6. The molecule has 1 aliphatic rings. The molecule has 0 amide bonds. The van der Waals surface area contributed by atoms with Crippen molar-refractivity contribution in [3.63, 3.8) is 0 Å². The maximum atomic E-state index is 13.2. The van der Waals surface area contributed by atoms with Crippen molar-refractivity contribution in [2.75, 3.05) is 17.3 Å². The highest BCUT2D eigenvalue weighted by molar-refractivity contribution is 5.87. The summed E-state index contributed by atoms with van der Waals surface area (Å²) in [7, 11) is 1.91. The van der Waals surface area contributed by atoms with Gasteiger partial charge < -0.3 is 10.2 Å². The van der Waals surface area contributed by atoms with E-state index in [9.17, 15) is 13.2 Å². The van der Waals surface area contributed by atoms with Crippen LogP contribution in [0.15, 0.2) is 36.7 Å². The summed E-state index contributed by atoms with van der Waals surface area (Å²) in [6.45, 7) is -0.0593. The molecule has 0 saturated heterocycles. The predicted octanol–water partition coefficient (Wildman–Crippen LogP) is 3.65. The molecule has 0 aromatic carbocycles. The molecule has 0 aliphatic heterocycles. The minimum atomic E-state index is -4.51. The Morgan fingerprint density at radius 2 is 1.85 bits per heavy atom. The van der Waals surface area contributed by atoms with E-state index in [1.54, 1.807) is 18.3 Å². The van der Waals surface area contributed by atoms with E-state index in [0.717, 1.165) is 19.0 Å². The van der Waals surface area contributed by atoms with Gasteiger partial charge in [0.05, 0.1) is 5.39 Å². The van der Waals surface area contributed by atoms with Crippen LogP contribution in [0.4, 0.5) is 24.9 Å². The smallest absolute Gasteiger partial charge is 0.365 e. The van der Waals surface area contributed by atoms with Gasteiger partial charge in [0.2, 0.25) is 5.95 Å². The topological polar surface area (TPSA) is 66.8 Å². The Morgan fingerprint density at radius 3 is 2.59 bits per heavy atom. The quantitative estimate of drug-likeness (QED) is 0.735. The van der Waals surface area contributed by atoms with E-state index in [0.29, 0.717) is 28.8 Å². The Balaban J connectivity index is 1.68. The maximum Gasteiger partial charge on any atom is 0.433 e. The Labute approximate surface area is 153 Å². The lowest BCUT2D eigenvalue weighted by atomic mass is 10.2. The lowest BCUT2D eigenvalue weighted by Gasteiger charge is -2.18. The van der Waals surface area contributed by atoms with Crippen molar-refractivity contribution in [2.24, 2.45) is 0 Å². The average molecular weight is 374 g/mol. The summed E-state index contributed by atoms with van der Waals surface area (Å²) in [6.07, 6.45) is 0.411. The molecular weight excluding hydrogens is 357 g/mol. The van der Waals surface area contributed by atoms with Crippen LogP contribution in [0.2, 0.25) is 0 Å². The molecule has 0 unspecified atom stereocenters. The van der Waals surface area contributed by atoms with Crippen molar-refractivity contribution in [1.82, 2.24) is 19.9 Å². The lowest BCUT2D eigenvalue weighted by molar-refractivity contribution is -0.141. The van der Waals surface area contributed by atoms with E-state index in [-0.39, 0.29) is 12.1 Å². The first-order chi connectivity index (χ1) is 12.9. The zero-order valence-electron chi connectivity index (χ0n) is 14.5. The molecule has 0 radical (unpaired) electrons. The van der Waals surface area contributed by atoms with Crippen LogP contribution >= 0.6 is 0 Å². The SMILES string of the molecule is CN(c1nc(NCc2cccnc2C(F)(F)F)c2cccnc2n1)C1CC1. The van der Waals surface area contributed by atoms with E-state index >= 15 is 0 Å². The summed E-state index contributed by atoms with van der Waals surface area (Å²) in [5.41, 5.74) is -0.346. The number of alkyl halides is 3. The first-order valence-electron chi connectivity index (χ1n) is 8.54. The second kappa shape index (κ2) is 6.64. The molecule has 3 aromatic rings. The molecule has 3 aromatic heterocycles. The molecule has 4 rings (SSSR count). The first-order valence-corrected chi connectivity index (χ1v) is 8.54. The molecule has 1 aliphatic carbocycles. The van der Waals surface area contributed by atoms with Gasteiger partial charge in [-0.15, -0.1) is 0 Å². The standard InChI is InChI=1S/C18H17F3N6/c1-27(12-6-7-12)17-25-15-13(5-3-9-23-15)16(26-17)24-10-11-4-2-8-22-14(11)18(19,20)21/h2-5,8-9,12H,6-7,10H2,1H3,(H,23,24,25,26). The molecule has 3 heterocycles. The van der Waals surface area contributed by atoms with E-state index in [2.05, 4.69) is 25.3 Å². The number of aromatic nitrogens is 4. The summed E-state index contributed by atoms with van der Waals surface area (Å²) >= 11 is 0. The second-order valence-electron chi connectivity index (χ2n) is 6.45. The summed E-state index contributed by atoms with van der Waals surface area (Å²) in [4.78, 5) is 18.7. The molecule has 140 valence electrons. The van der Waals surface area contributed by atoms with Gasteiger partial charge in [-0.05, 0) is 31.0 Å². The number of nitrogens with zero attached hydrogens (tertiary/aromatic N) is 5. The fraction of sp³-hybridized carbons (Fsp3) is 0.333. The van der Waals surface area contributed by atoms with E-state index in [1.807, 2.05) is 11.9 Å². The van der Waals surface area contributed by atoms with Crippen LogP contribution < -0.4 is 10.2 Å². The highest BCUT2D eigenvalue weighted by atomic mass is 19.4. The number of anilines is 2. The van der Waals surface area contributed by atoms with Crippen molar-refractivity contribution in [1.29, 1.82) is 0 Å². The monoisotopic (exact) mass is 374 g/mol. The molecule has 1 N–H and O–H groups in total. The zero-order valence-corrected chi connectivity index (χ0v) is 14.5. The fourth-order valence-electron chi connectivity index (χ4n) is 2.88. The van der Waals surface area contributed by atoms with Crippen molar-refractivity contribution in [2.45, 2.75) is 31.6 Å². The maximum absolute atomic E-state index is 13.2. The molecule has 27 heavy (non-hydrogen) atoms. The number of hydrogen-bond acceptors (Lipinski definition) is 6. The van der Waals surface area contributed by atoms with Gasteiger partial charge in [-0.3, -0.25) is 4.98 Å². The lowest BCUT2D eigenvalue weighted by Crippen LogP contribution is -2.22. The molecule has 1 fully saturated rings. The van der Waals surface area contributed by atoms with Gasteiger partial charge in [0.1, 0.15) is 11.5 Å². The van der Waals surface area contributed by atoms with Crippen LogP contribution in [0.1, 0.15) is 24.1 Å². The van der Waals surface area contributed by atoms with Gasteiger partial charge in [-0.2, -0.15) is 23.1 Å². The highest BCUT2D eigenvalue weighted by Gasteiger charge is 2.35. The number of nitrogens with one attached hydrogen (secondary N) is 1. The Hall–Kier alpha value is -2.97. The Kier molecular flexibility index (Phi) is 4.29. The van der Waals surface area contributed by atoms with Gasteiger partial charge in [0.15, 0.2) is 5.65 Å². The largest absolute Gasteiger partial charge is 0.433 e. The van der Waals surface area contributed by atoms with Gasteiger partial charge in [-0.25, -0.2) is 4.98 Å². The van der Waals surface area contributed by atoms with Crippen LogP contribution in [0, 0.1) is 0 Å². The van der Waals surface area contributed by atoms with Crippen LogP contribution in [-0.2, 0) is 12.7 Å². The number of halogens is 3. The fourth-order valence-corrected chi connectivity index (χ4v) is 2.88. The van der Waals surface area contributed by atoms with Crippen LogP contribution in [0.5, 0.6) is 0 Å². The minimum Gasteiger partial charge on any atom is -0.365 e. The highest BCUT2D eigenvalue weighted by Crippen LogP contribution is 2.32. The molecule has 0 bridgehead atoms. The molecule has 0 spiro atoms. The average Bonchev–Trinajstić information content (AvgIpc) is 3.50. The van der Waals surface area contributed by atoms with E-state index in [4.69, 9.17) is 0 Å². The third-order valence-corrected chi connectivity index (χ3v) is 4.48. The van der Waals surface area contributed by atoms with Crippen molar-refractivity contribution >= 4 is 22.8 Å². The summed E-state index contributed by atoms with van der Waals surface area (Å²) in [6, 6.07) is 6.82. The van der Waals surface area contributed by atoms with Crippen molar-refractivity contribution in [3.8, 4) is 0 Å². The second-order valence-corrected chi connectivity index (χ2v) is 6.45. The van der Waals surface area contributed by atoms with E-state index < -0.39 is 11.9 Å². The molecule has 6 nitrogen and oxygen atoms in total. The zero-order chi connectivity index (χ0) is 19.0. The summed E-state index contributed by atoms with van der Waals surface area (Å²) in [5.74, 6) is 0.959. The van der Waals surface area contributed by atoms with Crippen molar-refractivity contribution < 1.29 is 13.2 Å². The number of hydrogen-bond donors (Lipinski definition) is 1. The van der Waals surface area contributed by atoms with E-state index in [1.165, 1.54) is 12.1 Å². The van der Waals surface area contributed by atoms with Crippen LogP contribution in [0.25, 0.3) is 11.0 Å². The van der Waals surface area contributed by atoms with Gasteiger partial charge in [0, 0.05) is 37.6 Å². The minimum absolute atomic E-state index is 0.0535. The van der Waals surface area contributed by atoms with Crippen LogP contribution in [0.3, 0.4) is 0 Å². The first kappa shape index (κ1) is 17.4. The number of rotatable bonds is 5. The Morgan fingerprint density at radius 1 is 1.11 bits per heavy atom. The number of pyridine rings is 2. The summed E-state index contributed by atoms with van der Waals surface area (Å²) < 4.78 is 39.5. The van der Waals surface area contributed by atoms with Crippen molar-refractivity contribution in [3.05, 3.63) is 47.9 Å². The normalized spacial score (nSPS) is 14.4. The molecule has 0 atom stereocenters. The third-order valence-electron chi connectivity index (χ3n) is 4.48. The van der Waals surface area contributed by atoms with Gasteiger partial charge in [-0.1, -0.05) is 6.07 Å².